The van der Waals surface area contributed by atoms with Crippen molar-refractivity contribution in [2.75, 3.05) is 12.8 Å². The van der Waals surface area contributed by atoms with E-state index in [4.69, 9.17) is 5.73 Å². The van der Waals surface area contributed by atoms with Gasteiger partial charge in [-0.05, 0) is 18.9 Å². The number of amides is 1. The van der Waals surface area contributed by atoms with Crippen LogP contribution >= 0.6 is 12.4 Å². The van der Waals surface area contributed by atoms with Gasteiger partial charge in [-0.3, -0.25) is 14.9 Å². The molecule has 0 saturated heterocycles. The number of nitro benzene ring substituents is 1. The van der Waals surface area contributed by atoms with E-state index in [9.17, 15) is 14.9 Å². The summed E-state index contributed by atoms with van der Waals surface area (Å²) in [7, 11) is 1.75. The SMILES string of the molecule is CN(C(=O)c1cc([N+](=O)[O-])ccc1N)C1CCCCC1.Cl. The van der Waals surface area contributed by atoms with Crippen molar-refractivity contribution in [3.05, 3.63) is 33.9 Å². The number of nitrogens with zero attached hydrogens (tertiary/aromatic N) is 2. The van der Waals surface area contributed by atoms with Gasteiger partial charge in [-0.15, -0.1) is 12.4 Å². The van der Waals surface area contributed by atoms with Crippen LogP contribution in [0.15, 0.2) is 18.2 Å². The second kappa shape index (κ2) is 7.26. The van der Waals surface area contributed by atoms with Gasteiger partial charge in [0.15, 0.2) is 0 Å². The number of hydrogen-bond donors (Lipinski definition) is 1. The van der Waals surface area contributed by atoms with Gasteiger partial charge in [0, 0.05) is 30.9 Å². The van der Waals surface area contributed by atoms with E-state index in [1.807, 2.05) is 0 Å². The number of rotatable bonds is 3. The molecule has 1 aliphatic rings. The standard InChI is InChI=1S/C14H19N3O3.ClH/c1-16(10-5-3-2-4-6-10)14(18)12-9-11(17(19)20)7-8-13(12)15;/h7-10H,2-6,15H2,1H3;1H. The number of carbonyl (C=O) groups is 1. The van der Waals surface area contributed by atoms with Crippen molar-refractivity contribution in [1.29, 1.82) is 0 Å². The number of nitrogens with two attached hydrogens (primary N) is 1. The Bertz CT molecular complexity index is 530. The molecule has 1 saturated carbocycles. The molecule has 1 aromatic carbocycles. The fourth-order valence-electron chi connectivity index (χ4n) is 2.67. The largest absolute Gasteiger partial charge is 0.398 e. The Labute approximate surface area is 129 Å². The van der Waals surface area contributed by atoms with Crippen LogP contribution in [0.4, 0.5) is 11.4 Å². The molecule has 7 heteroatoms. The molecule has 2 N–H and O–H groups in total. The minimum Gasteiger partial charge on any atom is -0.398 e. The van der Waals surface area contributed by atoms with Crippen LogP contribution in [-0.4, -0.2) is 28.8 Å². The van der Waals surface area contributed by atoms with Gasteiger partial charge >= 0.3 is 0 Å². The first-order valence-electron chi connectivity index (χ1n) is 6.82. The zero-order valence-electron chi connectivity index (χ0n) is 11.9. The van der Waals surface area contributed by atoms with E-state index in [0.29, 0.717) is 0 Å². The van der Waals surface area contributed by atoms with Crippen molar-refractivity contribution in [1.82, 2.24) is 4.90 Å². The highest BCUT2D eigenvalue weighted by molar-refractivity contribution is 5.99. The average molecular weight is 314 g/mol. The van der Waals surface area contributed by atoms with Crippen LogP contribution in [0.3, 0.4) is 0 Å². The Morgan fingerprint density at radius 1 is 1.33 bits per heavy atom. The van der Waals surface area contributed by atoms with Gasteiger partial charge in [-0.25, -0.2) is 0 Å². The average Bonchev–Trinajstić information content (AvgIpc) is 2.47. The normalized spacial score (nSPS) is 15.1. The number of anilines is 1. The number of nitrogen functional groups attached to an aromatic ring is 1. The summed E-state index contributed by atoms with van der Waals surface area (Å²) in [6, 6.07) is 4.19. The number of benzene rings is 1. The number of hydrogen-bond acceptors (Lipinski definition) is 4. The quantitative estimate of drug-likeness (QED) is 0.527. The van der Waals surface area contributed by atoms with E-state index in [-0.39, 0.29) is 41.3 Å². The van der Waals surface area contributed by atoms with Gasteiger partial charge in [-0.1, -0.05) is 19.3 Å². The predicted octanol–water partition coefficient (Wildman–Crippen LogP) is 3.00. The molecule has 0 atom stereocenters. The lowest BCUT2D eigenvalue weighted by Gasteiger charge is -2.31. The third-order valence-corrected chi connectivity index (χ3v) is 3.92. The van der Waals surface area contributed by atoms with Crippen LogP contribution < -0.4 is 5.73 Å². The monoisotopic (exact) mass is 313 g/mol. The van der Waals surface area contributed by atoms with Crippen molar-refractivity contribution in [3.63, 3.8) is 0 Å². The summed E-state index contributed by atoms with van der Waals surface area (Å²) in [4.78, 5) is 24.4. The summed E-state index contributed by atoms with van der Waals surface area (Å²) >= 11 is 0. The summed E-state index contributed by atoms with van der Waals surface area (Å²) in [6.07, 6.45) is 5.41. The smallest absolute Gasteiger partial charge is 0.270 e. The first kappa shape index (κ1) is 17.2. The lowest BCUT2D eigenvalue weighted by Crippen LogP contribution is -2.38. The predicted molar refractivity (Wildman–Crippen MR) is 83.7 cm³/mol. The summed E-state index contributed by atoms with van der Waals surface area (Å²) in [6.45, 7) is 0. The molecule has 1 aliphatic carbocycles. The van der Waals surface area contributed by atoms with Gasteiger partial charge in [0.05, 0.1) is 10.5 Å². The van der Waals surface area contributed by atoms with Crippen molar-refractivity contribution in [2.45, 2.75) is 38.1 Å². The highest BCUT2D eigenvalue weighted by atomic mass is 35.5. The molecule has 21 heavy (non-hydrogen) atoms. The Morgan fingerprint density at radius 2 is 1.95 bits per heavy atom. The first-order valence-corrected chi connectivity index (χ1v) is 6.82. The third kappa shape index (κ3) is 3.85. The number of halogens is 1. The maximum absolute atomic E-state index is 12.5. The summed E-state index contributed by atoms with van der Waals surface area (Å²) in [5, 5.41) is 10.8. The lowest BCUT2D eigenvalue weighted by atomic mass is 9.94. The van der Waals surface area contributed by atoms with E-state index >= 15 is 0 Å². The molecule has 0 aromatic heterocycles. The highest BCUT2D eigenvalue weighted by Crippen LogP contribution is 2.26. The fourth-order valence-corrected chi connectivity index (χ4v) is 2.67. The second-order valence-corrected chi connectivity index (χ2v) is 5.24. The number of non-ortho nitro benzene ring substituents is 1. The molecule has 1 fully saturated rings. The second-order valence-electron chi connectivity index (χ2n) is 5.24. The van der Waals surface area contributed by atoms with Crippen molar-refractivity contribution < 1.29 is 9.72 Å². The van der Waals surface area contributed by atoms with Crippen molar-refractivity contribution in [2.24, 2.45) is 0 Å². The minimum absolute atomic E-state index is 0. The van der Waals surface area contributed by atoms with Crippen LogP contribution in [-0.2, 0) is 0 Å². The zero-order chi connectivity index (χ0) is 14.7. The van der Waals surface area contributed by atoms with Gasteiger partial charge in [-0.2, -0.15) is 0 Å². The molecule has 0 spiro atoms. The Balaban J connectivity index is 0.00000220. The number of nitro groups is 1. The molecular weight excluding hydrogens is 294 g/mol. The van der Waals surface area contributed by atoms with Gasteiger partial charge in [0.25, 0.3) is 11.6 Å². The maximum Gasteiger partial charge on any atom is 0.270 e. The van der Waals surface area contributed by atoms with Crippen LogP contribution in [0.2, 0.25) is 0 Å². The maximum atomic E-state index is 12.5. The molecule has 1 amide bonds. The summed E-state index contributed by atoms with van der Waals surface area (Å²) < 4.78 is 0. The minimum atomic E-state index is -0.517. The van der Waals surface area contributed by atoms with Crippen LogP contribution in [0, 0.1) is 10.1 Å². The van der Waals surface area contributed by atoms with E-state index in [2.05, 4.69) is 0 Å². The molecule has 0 heterocycles. The number of carbonyl (C=O) groups excluding carboxylic acids is 1. The molecule has 0 bridgehead atoms. The van der Waals surface area contributed by atoms with Gasteiger partial charge in [0.1, 0.15) is 0 Å². The Hall–Kier alpha value is -1.82. The van der Waals surface area contributed by atoms with E-state index < -0.39 is 4.92 Å². The van der Waals surface area contributed by atoms with E-state index in [0.717, 1.165) is 25.7 Å². The Kier molecular flexibility index (Phi) is 5.96. The zero-order valence-corrected chi connectivity index (χ0v) is 12.8. The Morgan fingerprint density at radius 3 is 2.52 bits per heavy atom. The highest BCUT2D eigenvalue weighted by Gasteiger charge is 2.25. The molecule has 1 aromatic rings. The molecule has 0 radical (unpaired) electrons. The third-order valence-electron chi connectivity index (χ3n) is 3.92. The van der Waals surface area contributed by atoms with Crippen molar-refractivity contribution in [3.8, 4) is 0 Å². The lowest BCUT2D eigenvalue weighted by molar-refractivity contribution is -0.384. The van der Waals surface area contributed by atoms with Crippen LogP contribution in [0.5, 0.6) is 0 Å². The topological polar surface area (TPSA) is 89.5 Å². The summed E-state index contributed by atoms with van der Waals surface area (Å²) in [5.74, 6) is -0.238. The van der Waals surface area contributed by atoms with Crippen LogP contribution in [0.1, 0.15) is 42.5 Å². The first-order chi connectivity index (χ1) is 9.50. The molecule has 0 unspecified atom stereocenters. The fraction of sp³-hybridized carbons (Fsp3) is 0.500. The van der Waals surface area contributed by atoms with Crippen molar-refractivity contribution >= 4 is 29.7 Å². The molecule has 116 valence electrons. The molecule has 2 rings (SSSR count). The van der Waals surface area contributed by atoms with Gasteiger partial charge in [0.2, 0.25) is 0 Å². The molecule has 6 nitrogen and oxygen atoms in total. The summed E-state index contributed by atoms with van der Waals surface area (Å²) in [5.41, 5.74) is 6.17. The van der Waals surface area contributed by atoms with Gasteiger partial charge < -0.3 is 10.6 Å². The molecular formula is C14H20ClN3O3. The van der Waals surface area contributed by atoms with E-state index in [1.165, 1.54) is 24.6 Å². The van der Waals surface area contributed by atoms with Crippen LogP contribution in [0.25, 0.3) is 0 Å². The molecule has 0 aliphatic heterocycles. The van der Waals surface area contributed by atoms with E-state index in [1.54, 1.807) is 11.9 Å².